The van der Waals surface area contributed by atoms with Crippen LogP contribution in [0.2, 0.25) is 5.02 Å². The summed E-state index contributed by atoms with van der Waals surface area (Å²) in [5, 5.41) is 4.13. The molecule has 108 valence electrons. The molecule has 0 amide bonds. The van der Waals surface area contributed by atoms with E-state index in [2.05, 4.69) is 11.4 Å². The minimum Gasteiger partial charge on any atom is -0.496 e. The lowest BCUT2D eigenvalue weighted by Crippen LogP contribution is -2.07. The number of benzodiazepines with no additional fused rings is 1. The van der Waals surface area contributed by atoms with E-state index in [9.17, 15) is 0 Å². The molecule has 3 nitrogen and oxygen atoms in total. The second-order valence-corrected chi connectivity index (χ2v) is 5.41. The molecule has 0 saturated heterocycles. The van der Waals surface area contributed by atoms with Gasteiger partial charge in [0.1, 0.15) is 5.75 Å². The Morgan fingerprint density at radius 1 is 1.19 bits per heavy atom. The number of halogens is 1. The lowest BCUT2D eigenvalue weighted by atomic mass is 9.98. The zero-order valence-corrected chi connectivity index (χ0v) is 12.9. The van der Waals surface area contributed by atoms with Crippen LogP contribution >= 0.6 is 11.6 Å². The molecule has 0 fully saturated rings. The molecule has 0 radical (unpaired) electrons. The third-order valence-corrected chi connectivity index (χ3v) is 3.95. The molecule has 1 heterocycles. The van der Waals surface area contributed by atoms with Gasteiger partial charge in [-0.2, -0.15) is 0 Å². The monoisotopic (exact) mass is 300 g/mol. The quantitative estimate of drug-likeness (QED) is 0.912. The smallest absolute Gasteiger partial charge is 0.123 e. The Morgan fingerprint density at radius 3 is 2.76 bits per heavy atom. The predicted octanol–water partition coefficient (Wildman–Crippen LogP) is 3.92. The van der Waals surface area contributed by atoms with Crippen LogP contribution in [0.3, 0.4) is 0 Å². The number of nitrogens with zero attached hydrogens (tertiary/aromatic N) is 1. The summed E-state index contributed by atoms with van der Waals surface area (Å²) in [4.78, 5) is 4.72. The Morgan fingerprint density at radius 2 is 2.00 bits per heavy atom. The predicted molar refractivity (Wildman–Crippen MR) is 88.2 cm³/mol. The Bertz CT molecular complexity index is 710. The van der Waals surface area contributed by atoms with Gasteiger partial charge >= 0.3 is 0 Å². The van der Waals surface area contributed by atoms with E-state index >= 15 is 0 Å². The fourth-order valence-corrected chi connectivity index (χ4v) is 2.80. The van der Waals surface area contributed by atoms with E-state index in [1.165, 1.54) is 0 Å². The number of benzene rings is 2. The van der Waals surface area contributed by atoms with Gasteiger partial charge < -0.3 is 10.1 Å². The molecular weight excluding hydrogens is 284 g/mol. The van der Waals surface area contributed by atoms with Crippen LogP contribution < -0.4 is 10.1 Å². The fraction of sp³-hybridized carbons (Fsp3) is 0.235. The van der Waals surface area contributed by atoms with Crippen LogP contribution in [0.1, 0.15) is 16.7 Å². The Balaban J connectivity index is 2.19. The summed E-state index contributed by atoms with van der Waals surface area (Å²) < 4.78 is 5.41. The van der Waals surface area contributed by atoms with Crippen molar-refractivity contribution >= 4 is 23.0 Å². The summed E-state index contributed by atoms with van der Waals surface area (Å²) >= 11 is 6.35. The van der Waals surface area contributed by atoms with Gasteiger partial charge in [0.15, 0.2) is 0 Å². The van der Waals surface area contributed by atoms with E-state index in [0.717, 1.165) is 52.0 Å². The molecular formula is C17H17ClN2O. The third kappa shape index (κ3) is 2.61. The van der Waals surface area contributed by atoms with Crippen molar-refractivity contribution in [2.24, 2.45) is 4.99 Å². The van der Waals surface area contributed by atoms with Gasteiger partial charge in [-0.3, -0.25) is 4.99 Å². The molecule has 21 heavy (non-hydrogen) atoms. The van der Waals surface area contributed by atoms with Crippen LogP contribution in [-0.2, 0) is 0 Å². The molecule has 0 atom stereocenters. The highest BCUT2D eigenvalue weighted by atomic mass is 35.5. The first-order valence-corrected chi connectivity index (χ1v) is 7.30. The molecule has 0 bridgehead atoms. The normalized spacial score (nSPS) is 13.8. The molecule has 2 aromatic carbocycles. The lowest BCUT2D eigenvalue weighted by molar-refractivity contribution is 0.412. The van der Waals surface area contributed by atoms with Crippen molar-refractivity contribution in [1.29, 1.82) is 0 Å². The highest BCUT2D eigenvalue weighted by Crippen LogP contribution is 2.31. The van der Waals surface area contributed by atoms with Gasteiger partial charge in [0.2, 0.25) is 0 Å². The molecule has 1 aliphatic rings. The lowest BCUT2D eigenvalue weighted by Gasteiger charge is -2.15. The number of hydrogen-bond donors (Lipinski definition) is 1. The standard InChI is InChI=1S/C17H17ClN2O/c1-11-9-13-15(10-16(11)21-2)19-7-8-20-17(13)12-5-3-4-6-14(12)18/h3-6,9-10,19H,7-8H2,1-2H3. The van der Waals surface area contributed by atoms with Crippen LogP contribution in [-0.4, -0.2) is 25.9 Å². The van der Waals surface area contributed by atoms with Gasteiger partial charge in [-0.15, -0.1) is 0 Å². The molecule has 3 rings (SSSR count). The molecule has 0 saturated carbocycles. The number of nitrogens with one attached hydrogen (secondary N) is 1. The third-order valence-electron chi connectivity index (χ3n) is 3.62. The van der Waals surface area contributed by atoms with Gasteiger partial charge in [-0.1, -0.05) is 29.8 Å². The first-order chi connectivity index (χ1) is 10.2. The highest BCUT2D eigenvalue weighted by molar-refractivity contribution is 6.35. The summed E-state index contributed by atoms with van der Waals surface area (Å²) in [5.74, 6) is 0.877. The highest BCUT2D eigenvalue weighted by Gasteiger charge is 2.18. The number of fused-ring (bicyclic) bond motifs is 1. The SMILES string of the molecule is COc1cc2c(cc1C)C(c1ccccc1Cl)=NCCN2. The summed E-state index contributed by atoms with van der Waals surface area (Å²) in [6.07, 6.45) is 0. The van der Waals surface area contributed by atoms with E-state index in [0.29, 0.717) is 0 Å². The van der Waals surface area contributed by atoms with E-state index in [1.807, 2.05) is 37.3 Å². The maximum absolute atomic E-state index is 6.35. The summed E-state index contributed by atoms with van der Waals surface area (Å²) in [6.45, 7) is 3.55. The van der Waals surface area contributed by atoms with Crippen LogP contribution in [0, 0.1) is 6.92 Å². The summed E-state index contributed by atoms with van der Waals surface area (Å²) in [7, 11) is 1.69. The van der Waals surface area contributed by atoms with Crippen LogP contribution in [0.4, 0.5) is 5.69 Å². The topological polar surface area (TPSA) is 33.6 Å². The molecule has 1 aliphatic heterocycles. The number of hydrogen-bond acceptors (Lipinski definition) is 3. The minimum atomic E-state index is 0.719. The van der Waals surface area contributed by atoms with Crippen LogP contribution in [0.25, 0.3) is 0 Å². The van der Waals surface area contributed by atoms with Gasteiger partial charge in [0.05, 0.1) is 19.4 Å². The molecule has 0 spiro atoms. The van der Waals surface area contributed by atoms with Crippen molar-refractivity contribution in [3.63, 3.8) is 0 Å². The fourth-order valence-electron chi connectivity index (χ4n) is 2.58. The van der Waals surface area contributed by atoms with E-state index < -0.39 is 0 Å². The maximum atomic E-state index is 6.35. The Hall–Kier alpha value is -2.00. The summed E-state index contributed by atoms with van der Waals surface area (Å²) in [5.41, 5.74) is 5.09. The van der Waals surface area contributed by atoms with E-state index in [-0.39, 0.29) is 0 Å². The number of methoxy groups -OCH3 is 1. The largest absolute Gasteiger partial charge is 0.496 e. The first kappa shape index (κ1) is 14.0. The molecule has 4 heteroatoms. The van der Waals surface area contributed by atoms with E-state index in [1.54, 1.807) is 7.11 Å². The van der Waals surface area contributed by atoms with Crippen LogP contribution in [0.15, 0.2) is 41.4 Å². The summed E-state index contributed by atoms with van der Waals surface area (Å²) in [6, 6.07) is 12.0. The number of rotatable bonds is 2. The second-order valence-electron chi connectivity index (χ2n) is 5.00. The molecule has 2 aromatic rings. The number of aryl methyl sites for hydroxylation is 1. The van der Waals surface area contributed by atoms with Crippen molar-refractivity contribution in [1.82, 2.24) is 0 Å². The molecule has 1 N–H and O–H groups in total. The zero-order valence-electron chi connectivity index (χ0n) is 12.1. The van der Waals surface area contributed by atoms with E-state index in [4.69, 9.17) is 21.3 Å². The van der Waals surface area contributed by atoms with Crippen molar-refractivity contribution in [2.75, 3.05) is 25.5 Å². The Labute approximate surface area is 129 Å². The van der Waals surface area contributed by atoms with Gasteiger partial charge in [0, 0.05) is 34.4 Å². The van der Waals surface area contributed by atoms with Gasteiger partial charge in [-0.05, 0) is 24.6 Å². The average Bonchev–Trinajstić information content (AvgIpc) is 2.69. The van der Waals surface area contributed by atoms with Crippen molar-refractivity contribution < 1.29 is 4.74 Å². The van der Waals surface area contributed by atoms with Gasteiger partial charge in [0.25, 0.3) is 0 Å². The zero-order chi connectivity index (χ0) is 14.8. The number of aliphatic imine (C=N–C) groups is 1. The minimum absolute atomic E-state index is 0.719. The molecule has 0 unspecified atom stereocenters. The van der Waals surface area contributed by atoms with Gasteiger partial charge in [-0.25, -0.2) is 0 Å². The average molecular weight is 301 g/mol. The maximum Gasteiger partial charge on any atom is 0.123 e. The molecule has 0 aliphatic carbocycles. The van der Waals surface area contributed by atoms with Crippen LogP contribution in [0.5, 0.6) is 5.75 Å². The Kier molecular flexibility index (Phi) is 3.84. The molecule has 0 aromatic heterocycles. The number of ether oxygens (including phenoxy) is 1. The van der Waals surface area contributed by atoms with Crippen molar-refractivity contribution in [3.05, 3.63) is 58.1 Å². The van der Waals surface area contributed by atoms with Crippen molar-refractivity contribution in [2.45, 2.75) is 6.92 Å². The number of anilines is 1. The van der Waals surface area contributed by atoms with Crippen molar-refractivity contribution in [3.8, 4) is 5.75 Å². The first-order valence-electron chi connectivity index (χ1n) is 6.93. The second kappa shape index (κ2) is 5.78.